The number of alkyl halides is 3. The molecule has 0 saturated carbocycles. The smallest absolute Gasteiger partial charge is 0.416 e. The van der Waals surface area contributed by atoms with Gasteiger partial charge in [-0.15, -0.1) is 0 Å². The van der Waals surface area contributed by atoms with Gasteiger partial charge in [0, 0.05) is 18.4 Å². The summed E-state index contributed by atoms with van der Waals surface area (Å²) >= 11 is 0. The van der Waals surface area contributed by atoms with Crippen molar-refractivity contribution in [1.82, 2.24) is 10.3 Å². The standard InChI is InChI=1S/C18H17F3N2O3/c19-18(20,21)14-5-3-12(4-6-14)8-15(10-17(25)26)23-16(24)9-13-2-1-7-22-11-13/h1-7,11,15H,8-10H2,(H,23,24)(H,25,26)/t15-/m0/s1. The van der Waals surface area contributed by atoms with E-state index >= 15 is 0 Å². The van der Waals surface area contributed by atoms with Crippen LogP contribution in [0.5, 0.6) is 0 Å². The molecule has 0 aliphatic carbocycles. The second kappa shape index (κ2) is 8.46. The van der Waals surface area contributed by atoms with Gasteiger partial charge in [-0.05, 0) is 35.7 Å². The molecule has 1 aromatic heterocycles. The first-order chi connectivity index (χ1) is 12.2. The summed E-state index contributed by atoms with van der Waals surface area (Å²) in [5, 5.41) is 11.6. The number of benzene rings is 1. The Morgan fingerprint density at radius 2 is 1.81 bits per heavy atom. The number of carboxylic acids is 1. The van der Waals surface area contributed by atoms with E-state index in [1.807, 2.05) is 0 Å². The van der Waals surface area contributed by atoms with E-state index in [-0.39, 0.29) is 25.2 Å². The Morgan fingerprint density at radius 1 is 1.12 bits per heavy atom. The van der Waals surface area contributed by atoms with Gasteiger partial charge in [0.15, 0.2) is 0 Å². The molecule has 0 radical (unpaired) electrons. The number of amides is 1. The molecule has 8 heteroatoms. The number of carbonyl (C=O) groups excluding carboxylic acids is 1. The largest absolute Gasteiger partial charge is 0.481 e. The average Bonchev–Trinajstić information content (AvgIpc) is 2.54. The summed E-state index contributed by atoms with van der Waals surface area (Å²) in [7, 11) is 0. The average molecular weight is 366 g/mol. The number of nitrogens with one attached hydrogen (secondary N) is 1. The van der Waals surface area contributed by atoms with E-state index in [1.165, 1.54) is 18.3 Å². The molecule has 0 saturated heterocycles. The van der Waals surface area contributed by atoms with E-state index in [2.05, 4.69) is 10.3 Å². The van der Waals surface area contributed by atoms with E-state index in [0.717, 1.165) is 12.1 Å². The predicted molar refractivity (Wildman–Crippen MR) is 87.3 cm³/mol. The van der Waals surface area contributed by atoms with Crippen molar-refractivity contribution in [3.05, 3.63) is 65.5 Å². The molecule has 0 aliphatic rings. The normalized spacial score (nSPS) is 12.4. The number of aromatic nitrogens is 1. The van der Waals surface area contributed by atoms with Gasteiger partial charge < -0.3 is 10.4 Å². The van der Waals surface area contributed by atoms with Crippen molar-refractivity contribution >= 4 is 11.9 Å². The lowest BCUT2D eigenvalue weighted by Crippen LogP contribution is -2.39. The molecule has 1 amide bonds. The van der Waals surface area contributed by atoms with Gasteiger partial charge in [0.05, 0.1) is 18.4 Å². The third kappa shape index (κ3) is 6.19. The predicted octanol–water partition coefficient (Wildman–Crippen LogP) is 2.85. The molecule has 5 nitrogen and oxygen atoms in total. The second-order valence-corrected chi connectivity index (χ2v) is 5.80. The molecule has 1 heterocycles. The van der Waals surface area contributed by atoms with Crippen LogP contribution in [0.1, 0.15) is 23.1 Å². The molecule has 0 bridgehead atoms. The number of carbonyl (C=O) groups is 2. The summed E-state index contributed by atoms with van der Waals surface area (Å²) in [6, 6.07) is 7.10. The second-order valence-electron chi connectivity index (χ2n) is 5.80. The third-order valence-corrected chi connectivity index (χ3v) is 3.64. The quantitative estimate of drug-likeness (QED) is 0.790. The van der Waals surface area contributed by atoms with Crippen molar-refractivity contribution < 1.29 is 27.9 Å². The molecule has 2 aromatic rings. The molecule has 1 atom stereocenters. The van der Waals surface area contributed by atoms with Crippen molar-refractivity contribution in [2.75, 3.05) is 0 Å². The maximum absolute atomic E-state index is 12.6. The SMILES string of the molecule is O=C(O)C[C@H](Cc1ccc(C(F)(F)F)cc1)NC(=O)Cc1cccnc1. The minimum Gasteiger partial charge on any atom is -0.481 e. The summed E-state index contributed by atoms with van der Waals surface area (Å²) in [6.45, 7) is 0. The van der Waals surface area contributed by atoms with Crippen LogP contribution in [0.15, 0.2) is 48.8 Å². The maximum Gasteiger partial charge on any atom is 0.416 e. The van der Waals surface area contributed by atoms with Gasteiger partial charge in [-0.2, -0.15) is 13.2 Å². The molecule has 2 rings (SSSR count). The van der Waals surface area contributed by atoms with Gasteiger partial charge in [-0.3, -0.25) is 14.6 Å². The van der Waals surface area contributed by atoms with E-state index in [4.69, 9.17) is 5.11 Å². The van der Waals surface area contributed by atoms with Gasteiger partial charge in [0.1, 0.15) is 0 Å². The van der Waals surface area contributed by atoms with Crippen LogP contribution < -0.4 is 5.32 Å². The Morgan fingerprint density at radius 3 is 2.35 bits per heavy atom. The van der Waals surface area contributed by atoms with Crippen molar-refractivity contribution in [2.24, 2.45) is 0 Å². The Kier molecular flexibility index (Phi) is 6.32. The zero-order valence-electron chi connectivity index (χ0n) is 13.7. The summed E-state index contributed by atoms with van der Waals surface area (Å²) < 4.78 is 37.8. The highest BCUT2D eigenvalue weighted by Gasteiger charge is 2.30. The van der Waals surface area contributed by atoms with Crippen LogP contribution in [0, 0.1) is 0 Å². The van der Waals surface area contributed by atoms with Crippen LogP contribution >= 0.6 is 0 Å². The summed E-state index contributed by atoms with van der Waals surface area (Å²) in [5.74, 6) is -1.49. The molecule has 0 fully saturated rings. The molecule has 138 valence electrons. The number of rotatable bonds is 7. The van der Waals surface area contributed by atoms with Crippen molar-refractivity contribution in [3.63, 3.8) is 0 Å². The number of carboxylic acid groups (broad SMARTS) is 1. The van der Waals surface area contributed by atoms with E-state index in [0.29, 0.717) is 11.1 Å². The number of hydrogen-bond donors (Lipinski definition) is 2. The number of aliphatic carboxylic acids is 1. The fraction of sp³-hybridized carbons (Fsp3) is 0.278. The molecule has 0 aliphatic heterocycles. The highest BCUT2D eigenvalue weighted by molar-refractivity contribution is 5.79. The summed E-state index contributed by atoms with van der Waals surface area (Å²) in [5.41, 5.74) is 0.399. The molecule has 1 aromatic carbocycles. The summed E-state index contributed by atoms with van der Waals surface area (Å²) in [4.78, 5) is 27.0. The number of nitrogens with zero attached hydrogens (tertiary/aromatic N) is 1. The lowest BCUT2D eigenvalue weighted by atomic mass is 10.0. The molecule has 26 heavy (non-hydrogen) atoms. The highest BCUT2D eigenvalue weighted by Crippen LogP contribution is 2.29. The van der Waals surface area contributed by atoms with Gasteiger partial charge in [0.25, 0.3) is 0 Å². The molecule has 0 unspecified atom stereocenters. The minimum absolute atomic E-state index is 0.0387. The zero-order chi connectivity index (χ0) is 19.2. The Hall–Kier alpha value is -2.90. The Bertz CT molecular complexity index is 747. The fourth-order valence-electron chi connectivity index (χ4n) is 2.47. The first kappa shape index (κ1) is 19.4. The van der Waals surface area contributed by atoms with Crippen LogP contribution in [0.25, 0.3) is 0 Å². The molecule has 0 spiro atoms. The van der Waals surface area contributed by atoms with Crippen LogP contribution in [-0.4, -0.2) is 28.0 Å². The lowest BCUT2D eigenvalue weighted by molar-refractivity contribution is -0.138. The number of halogens is 3. The minimum atomic E-state index is -4.43. The topological polar surface area (TPSA) is 79.3 Å². The number of hydrogen-bond acceptors (Lipinski definition) is 3. The first-order valence-electron chi connectivity index (χ1n) is 7.80. The van der Waals surface area contributed by atoms with Gasteiger partial charge in [-0.25, -0.2) is 0 Å². The van der Waals surface area contributed by atoms with Crippen molar-refractivity contribution in [3.8, 4) is 0 Å². The van der Waals surface area contributed by atoms with Crippen LogP contribution in [-0.2, 0) is 28.6 Å². The Balaban J connectivity index is 2.02. The molecule has 2 N–H and O–H groups in total. The van der Waals surface area contributed by atoms with Crippen molar-refractivity contribution in [2.45, 2.75) is 31.5 Å². The molecular weight excluding hydrogens is 349 g/mol. The number of pyridine rings is 1. The van der Waals surface area contributed by atoms with Crippen LogP contribution in [0.2, 0.25) is 0 Å². The highest BCUT2D eigenvalue weighted by atomic mass is 19.4. The van der Waals surface area contributed by atoms with Gasteiger partial charge in [-0.1, -0.05) is 18.2 Å². The van der Waals surface area contributed by atoms with Crippen molar-refractivity contribution in [1.29, 1.82) is 0 Å². The van der Waals surface area contributed by atoms with Gasteiger partial charge >= 0.3 is 12.1 Å². The Labute approximate surface area is 147 Å². The van der Waals surface area contributed by atoms with Crippen LogP contribution in [0.4, 0.5) is 13.2 Å². The van der Waals surface area contributed by atoms with E-state index in [9.17, 15) is 22.8 Å². The van der Waals surface area contributed by atoms with E-state index in [1.54, 1.807) is 18.3 Å². The van der Waals surface area contributed by atoms with Gasteiger partial charge in [0.2, 0.25) is 5.91 Å². The third-order valence-electron chi connectivity index (χ3n) is 3.64. The fourth-order valence-corrected chi connectivity index (χ4v) is 2.47. The maximum atomic E-state index is 12.6. The van der Waals surface area contributed by atoms with Crippen LogP contribution in [0.3, 0.4) is 0 Å². The molecular formula is C18H17F3N2O3. The monoisotopic (exact) mass is 366 g/mol. The zero-order valence-corrected chi connectivity index (χ0v) is 13.7. The summed E-state index contributed by atoms with van der Waals surface area (Å²) in [6.07, 6.45) is -1.52. The first-order valence-corrected chi connectivity index (χ1v) is 7.80. The van der Waals surface area contributed by atoms with E-state index < -0.39 is 23.8 Å². The lowest BCUT2D eigenvalue weighted by Gasteiger charge is -2.17.